The molecule has 102 valence electrons. The molecule has 0 spiro atoms. The van der Waals surface area contributed by atoms with E-state index in [1.807, 2.05) is 0 Å². The molecule has 0 radical (unpaired) electrons. The molecule has 1 rings (SSSR count). The van der Waals surface area contributed by atoms with Gasteiger partial charge in [-0.1, -0.05) is 6.07 Å². The van der Waals surface area contributed by atoms with Gasteiger partial charge in [-0.05, 0) is 19.1 Å². The standard InChI is InChI=1S/C13H15NO5/c1-9(16)7-14(8-15)12-10(13(17)19-3)5-4-6-11(12)18-2/h4-6,8H,7H2,1-3H3. The van der Waals surface area contributed by atoms with Crippen LogP contribution >= 0.6 is 0 Å². The van der Waals surface area contributed by atoms with Crippen LogP contribution in [0.5, 0.6) is 5.75 Å². The lowest BCUT2D eigenvalue weighted by atomic mass is 10.1. The summed E-state index contributed by atoms with van der Waals surface area (Å²) in [6.07, 6.45) is 0.478. The number of methoxy groups -OCH3 is 2. The SMILES string of the molecule is COC(=O)c1cccc(OC)c1N(C=O)CC(C)=O. The molecule has 0 fully saturated rings. The van der Waals surface area contributed by atoms with Crippen molar-refractivity contribution in [3.05, 3.63) is 23.8 Å². The molecule has 0 unspecified atom stereocenters. The summed E-state index contributed by atoms with van der Waals surface area (Å²) in [7, 11) is 2.65. The summed E-state index contributed by atoms with van der Waals surface area (Å²) in [6.45, 7) is 1.21. The van der Waals surface area contributed by atoms with Crippen LogP contribution in [-0.2, 0) is 14.3 Å². The third-order valence-corrected chi connectivity index (χ3v) is 2.43. The Hall–Kier alpha value is -2.37. The minimum absolute atomic E-state index is 0.145. The van der Waals surface area contributed by atoms with Gasteiger partial charge < -0.3 is 14.4 Å². The second-order valence-corrected chi connectivity index (χ2v) is 3.78. The molecule has 0 N–H and O–H groups in total. The van der Waals surface area contributed by atoms with Gasteiger partial charge in [-0.3, -0.25) is 9.59 Å². The molecular formula is C13H15NO5. The predicted octanol–water partition coefficient (Wildman–Crippen LogP) is 1.03. The molecule has 0 saturated heterocycles. The van der Waals surface area contributed by atoms with Gasteiger partial charge in [0.15, 0.2) is 0 Å². The lowest BCUT2D eigenvalue weighted by Crippen LogP contribution is -2.29. The van der Waals surface area contributed by atoms with Crippen molar-refractivity contribution in [3.63, 3.8) is 0 Å². The molecule has 0 heterocycles. The number of rotatable bonds is 6. The fraction of sp³-hybridized carbons (Fsp3) is 0.308. The fourth-order valence-corrected chi connectivity index (χ4v) is 1.67. The number of amides is 1. The number of ketones is 1. The zero-order valence-electron chi connectivity index (χ0n) is 11.0. The molecule has 0 aliphatic carbocycles. The van der Waals surface area contributed by atoms with Crippen molar-refractivity contribution >= 4 is 23.9 Å². The monoisotopic (exact) mass is 265 g/mol. The van der Waals surface area contributed by atoms with Gasteiger partial charge in [-0.2, -0.15) is 0 Å². The first-order chi connectivity index (χ1) is 9.04. The lowest BCUT2D eigenvalue weighted by Gasteiger charge is -2.21. The van der Waals surface area contributed by atoms with Gasteiger partial charge in [0.1, 0.15) is 17.2 Å². The van der Waals surface area contributed by atoms with E-state index < -0.39 is 5.97 Å². The molecule has 19 heavy (non-hydrogen) atoms. The van der Waals surface area contributed by atoms with E-state index in [0.717, 1.165) is 4.90 Å². The first-order valence-electron chi connectivity index (χ1n) is 5.51. The molecule has 1 aromatic carbocycles. The van der Waals surface area contributed by atoms with E-state index in [-0.39, 0.29) is 23.6 Å². The summed E-state index contributed by atoms with van der Waals surface area (Å²) in [5.74, 6) is -0.505. The van der Waals surface area contributed by atoms with Crippen LogP contribution in [0, 0.1) is 0 Å². The zero-order valence-corrected chi connectivity index (χ0v) is 11.0. The van der Waals surface area contributed by atoms with E-state index in [2.05, 4.69) is 4.74 Å². The maximum atomic E-state index is 11.7. The molecule has 0 bridgehead atoms. The number of hydrogen-bond acceptors (Lipinski definition) is 5. The highest BCUT2D eigenvalue weighted by molar-refractivity contribution is 6.02. The highest BCUT2D eigenvalue weighted by atomic mass is 16.5. The van der Waals surface area contributed by atoms with E-state index in [1.54, 1.807) is 12.1 Å². The average Bonchev–Trinajstić information content (AvgIpc) is 2.42. The molecular weight excluding hydrogens is 250 g/mol. The van der Waals surface area contributed by atoms with Crippen LogP contribution in [0.25, 0.3) is 0 Å². The summed E-state index contributed by atoms with van der Waals surface area (Å²) >= 11 is 0. The Morgan fingerprint density at radius 1 is 1.32 bits per heavy atom. The Balaban J connectivity index is 3.38. The summed E-state index contributed by atoms with van der Waals surface area (Å²) in [5, 5.41) is 0. The summed E-state index contributed by atoms with van der Waals surface area (Å²) in [6, 6.07) is 4.70. The number of carbonyl (C=O) groups is 3. The third kappa shape index (κ3) is 3.31. The van der Waals surface area contributed by atoms with Crippen molar-refractivity contribution in [2.24, 2.45) is 0 Å². The smallest absolute Gasteiger partial charge is 0.340 e. The molecule has 1 aromatic rings. The Bertz CT molecular complexity index is 498. The largest absolute Gasteiger partial charge is 0.495 e. The van der Waals surface area contributed by atoms with Crippen molar-refractivity contribution in [3.8, 4) is 5.75 Å². The van der Waals surface area contributed by atoms with Crippen molar-refractivity contribution < 1.29 is 23.9 Å². The number of benzene rings is 1. The van der Waals surface area contributed by atoms with Crippen LogP contribution in [0.3, 0.4) is 0 Å². The number of ether oxygens (including phenoxy) is 2. The lowest BCUT2D eigenvalue weighted by molar-refractivity contribution is -0.117. The molecule has 1 amide bonds. The van der Waals surface area contributed by atoms with Crippen LogP contribution in [0.1, 0.15) is 17.3 Å². The molecule has 6 nitrogen and oxygen atoms in total. The van der Waals surface area contributed by atoms with Gasteiger partial charge in [-0.15, -0.1) is 0 Å². The molecule has 0 saturated carbocycles. The molecule has 0 aromatic heterocycles. The highest BCUT2D eigenvalue weighted by Crippen LogP contribution is 2.31. The van der Waals surface area contributed by atoms with E-state index in [0.29, 0.717) is 12.2 Å². The normalized spacial score (nSPS) is 9.63. The number of hydrogen-bond donors (Lipinski definition) is 0. The van der Waals surface area contributed by atoms with Gasteiger partial charge >= 0.3 is 5.97 Å². The molecule has 0 aliphatic rings. The van der Waals surface area contributed by atoms with Gasteiger partial charge in [0.25, 0.3) is 0 Å². The summed E-state index contributed by atoms with van der Waals surface area (Å²) in [4.78, 5) is 35.1. The number of para-hydroxylation sites is 1. The summed E-state index contributed by atoms with van der Waals surface area (Å²) < 4.78 is 9.78. The number of nitrogens with zero attached hydrogens (tertiary/aromatic N) is 1. The van der Waals surface area contributed by atoms with Gasteiger partial charge in [0, 0.05) is 0 Å². The first kappa shape index (κ1) is 14.7. The average molecular weight is 265 g/mol. The molecule has 6 heteroatoms. The van der Waals surface area contributed by atoms with Gasteiger partial charge in [0.05, 0.1) is 26.3 Å². The molecule has 0 atom stereocenters. The Morgan fingerprint density at radius 3 is 2.47 bits per heavy atom. The zero-order chi connectivity index (χ0) is 14.4. The van der Waals surface area contributed by atoms with E-state index in [9.17, 15) is 14.4 Å². The van der Waals surface area contributed by atoms with Crippen LogP contribution in [0.15, 0.2) is 18.2 Å². The Labute approximate surface area is 110 Å². The summed E-state index contributed by atoms with van der Waals surface area (Å²) in [5.41, 5.74) is 0.386. The Kier molecular flexibility index (Phi) is 5.05. The van der Waals surface area contributed by atoms with Crippen molar-refractivity contribution in [1.29, 1.82) is 0 Å². The number of carbonyl (C=O) groups excluding carboxylic acids is 3. The van der Waals surface area contributed by atoms with Crippen molar-refractivity contribution in [1.82, 2.24) is 0 Å². The van der Waals surface area contributed by atoms with Gasteiger partial charge in [0.2, 0.25) is 6.41 Å². The Morgan fingerprint density at radius 2 is 2.00 bits per heavy atom. The van der Waals surface area contributed by atoms with Crippen LogP contribution < -0.4 is 9.64 Å². The number of esters is 1. The van der Waals surface area contributed by atoms with E-state index in [1.165, 1.54) is 27.2 Å². The fourth-order valence-electron chi connectivity index (χ4n) is 1.67. The molecule has 0 aliphatic heterocycles. The second kappa shape index (κ2) is 6.53. The maximum absolute atomic E-state index is 11.7. The van der Waals surface area contributed by atoms with E-state index in [4.69, 9.17) is 4.74 Å². The van der Waals surface area contributed by atoms with Crippen LogP contribution in [0.2, 0.25) is 0 Å². The predicted molar refractivity (Wildman–Crippen MR) is 68.4 cm³/mol. The number of anilines is 1. The maximum Gasteiger partial charge on any atom is 0.340 e. The van der Waals surface area contributed by atoms with Gasteiger partial charge in [-0.25, -0.2) is 4.79 Å². The first-order valence-corrected chi connectivity index (χ1v) is 5.51. The second-order valence-electron chi connectivity index (χ2n) is 3.78. The highest BCUT2D eigenvalue weighted by Gasteiger charge is 2.22. The number of Topliss-reactive ketones (excluding diaryl/α,β-unsaturated/α-hetero) is 1. The van der Waals surface area contributed by atoms with Crippen molar-refractivity contribution in [2.75, 3.05) is 25.7 Å². The minimum atomic E-state index is -0.607. The topological polar surface area (TPSA) is 72.9 Å². The van der Waals surface area contributed by atoms with E-state index >= 15 is 0 Å². The van der Waals surface area contributed by atoms with Crippen LogP contribution in [0.4, 0.5) is 5.69 Å². The van der Waals surface area contributed by atoms with Crippen molar-refractivity contribution in [2.45, 2.75) is 6.92 Å². The minimum Gasteiger partial charge on any atom is -0.495 e. The third-order valence-electron chi connectivity index (χ3n) is 2.43. The quantitative estimate of drug-likeness (QED) is 0.567. The van der Waals surface area contributed by atoms with Crippen LogP contribution in [-0.4, -0.2) is 38.9 Å².